The van der Waals surface area contributed by atoms with Gasteiger partial charge in [0.05, 0.1) is 11.6 Å². The van der Waals surface area contributed by atoms with E-state index in [-0.39, 0.29) is 0 Å². The van der Waals surface area contributed by atoms with E-state index in [1.165, 1.54) is 6.39 Å². The number of nitrogens with one attached hydrogen (secondary N) is 1. The summed E-state index contributed by atoms with van der Waals surface area (Å²) in [5.74, 6) is 1.17. The van der Waals surface area contributed by atoms with Gasteiger partial charge in [-0.2, -0.15) is 4.98 Å². The second-order valence-electron chi connectivity index (χ2n) is 2.53. The molecule has 14 heavy (non-hydrogen) atoms. The van der Waals surface area contributed by atoms with Gasteiger partial charge in [0, 0.05) is 6.20 Å². The van der Waals surface area contributed by atoms with Gasteiger partial charge in [-0.15, -0.1) is 0 Å². The minimum absolute atomic E-state index is 0.438. The number of rotatable bonds is 3. The Hall–Kier alpha value is -1.62. The summed E-state index contributed by atoms with van der Waals surface area (Å²) in [5.41, 5.74) is 0. The summed E-state index contributed by atoms with van der Waals surface area (Å²) in [4.78, 5) is 7.90. The largest absolute Gasteiger partial charge is 0.361 e. The smallest absolute Gasteiger partial charge is 0.213 e. The minimum Gasteiger partial charge on any atom is -0.361 e. The molecule has 2 heterocycles. The Morgan fingerprint density at radius 1 is 1.43 bits per heavy atom. The van der Waals surface area contributed by atoms with Gasteiger partial charge < -0.3 is 9.84 Å². The molecular formula is C8H7ClN4O. The molecule has 0 aliphatic carbocycles. The van der Waals surface area contributed by atoms with Crippen LogP contribution in [0.15, 0.2) is 29.2 Å². The normalized spacial score (nSPS) is 10.1. The molecule has 2 aromatic heterocycles. The van der Waals surface area contributed by atoms with Gasteiger partial charge in [-0.25, -0.2) is 4.98 Å². The fourth-order valence-electron chi connectivity index (χ4n) is 0.949. The Bertz CT molecular complexity index is 403. The lowest BCUT2D eigenvalue weighted by Crippen LogP contribution is -2.02. The molecule has 5 nitrogen and oxygen atoms in total. The van der Waals surface area contributed by atoms with Gasteiger partial charge >= 0.3 is 0 Å². The summed E-state index contributed by atoms with van der Waals surface area (Å²) >= 11 is 5.88. The highest BCUT2D eigenvalue weighted by molar-refractivity contribution is 6.32. The van der Waals surface area contributed by atoms with Crippen LogP contribution in [-0.4, -0.2) is 15.1 Å². The second-order valence-corrected chi connectivity index (χ2v) is 2.94. The van der Waals surface area contributed by atoms with Crippen molar-refractivity contribution in [1.29, 1.82) is 0 Å². The van der Waals surface area contributed by atoms with Crippen molar-refractivity contribution >= 4 is 17.4 Å². The minimum atomic E-state index is 0.438. The molecule has 2 rings (SSSR count). The molecule has 0 saturated carbocycles. The molecule has 0 aliphatic rings. The number of aromatic nitrogens is 3. The van der Waals surface area contributed by atoms with Gasteiger partial charge in [-0.3, -0.25) is 0 Å². The molecule has 0 aliphatic heterocycles. The Morgan fingerprint density at radius 2 is 2.36 bits per heavy atom. The maximum Gasteiger partial charge on any atom is 0.213 e. The van der Waals surface area contributed by atoms with E-state index in [0.29, 0.717) is 23.2 Å². The highest BCUT2D eigenvalue weighted by Crippen LogP contribution is 2.17. The number of nitrogens with zero attached hydrogens (tertiary/aromatic N) is 3. The molecule has 0 unspecified atom stereocenters. The Labute approximate surface area is 85.1 Å². The van der Waals surface area contributed by atoms with E-state index in [2.05, 4.69) is 25.0 Å². The average molecular weight is 211 g/mol. The number of anilines is 1. The number of hydrogen-bond acceptors (Lipinski definition) is 5. The van der Waals surface area contributed by atoms with Crippen LogP contribution < -0.4 is 5.32 Å². The number of halogens is 1. The van der Waals surface area contributed by atoms with Crippen LogP contribution in [0.5, 0.6) is 0 Å². The summed E-state index contributed by atoms with van der Waals surface area (Å²) < 4.78 is 4.58. The summed E-state index contributed by atoms with van der Waals surface area (Å²) in [6.07, 6.45) is 2.93. The highest BCUT2D eigenvalue weighted by Gasteiger charge is 2.01. The summed E-state index contributed by atoms with van der Waals surface area (Å²) in [6, 6.07) is 3.52. The van der Waals surface area contributed by atoms with Crippen molar-refractivity contribution in [3.8, 4) is 0 Å². The van der Waals surface area contributed by atoms with Gasteiger partial charge in [-0.1, -0.05) is 16.8 Å². The zero-order chi connectivity index (χ0) is 9.80. The Balaban J connectivity index is 2.02. The standard InChI is InChI=1S/C8H7ClN4O/c9-6-2-1-3-10-8(6)11-4-7-12-5-14-13-7/h1-3,5H,4H2,(H,10,11). The van der Waals surface area contributed by atoms with Crippen molar-refractivity contribution in [3.63, 3.8) is 0 Å². The molecule has 2 aromatic rings. The van der Waals surface area contributed by atoms with E-state index in [1.54, 1.807) is 18.3 Å². The summed E-state index contributed by atoms with van der Waals surface area (Å²) in [6.45, 7) is 0.438. The van der Waals surface area contributed by atoms with Gasteiger partial charge in [0.1, 0.15) is 5.82 Å². The van der Waals surface area contributed by atoms with Crippen LogP contribution >= 0.6 is 11.6 Å². The van der Waals surface area contributed by atoms with Crippen LogP contribution in [0.4, 0.5) is 5.82 Å². The van der Waals surface area contributed by atoms with Crippen LogP contribution in [0.25, 0.3) is 0 Å². The lowest BCUT2D eigenvalue weighted by Gasteiger charge is -2.03. The van der Waals surface area contributed by atoms with E-state index in [0.717, 1.165) is 0 Å². The third kappa shape index (κ3) is 2.00. The topological polar surface area (TPSA) is 63.8 Å². The predicted molar refractivity (Wildman–Crippen MR) is 50.9 cm³/mol. The van der Waals surface area contributed by atoms with E-state index >= 15 is 0 Å². The zero-order valence-corrected chi connectivity index (χ0v) is 7.90. The molecule has 0 bridgehead atoms. The molecular weight excluding hydrogens is 204 g/mol. The zero-order valence-electron chi connectivity index (χ0n) is 7.14. The van der Waals surface area contributed by atoms with Crippen LogP contribution in [0.3, 0.4) is 0 Å². The third-order valence-electron chi connectivity index (χ3n) is 1.58. The van der Waals surface area contributed by atoms with E-state index in [4.69, 9.17) is 11.6 Å². The molecule has 1 N–H and O–H groups in total. The first-order chi connectivity index (χ1) is 6.86. The lowest BCUT2D eigenvalue weighted by molar-refractivity contribution is 0.411. The second kappa shape index (κ2) is 4.06. The SMILES string of the molecule is Clc1cccnc1NCc1ncon1. The fourth-order valence-corrected chi connectivity index (χ4v) is 1.14. The summed E-state index contributed by atoms with van der Waals surface area (Å²) in [5, 5.41) is 7.19. The maximum atomic E-state index is 5.88. The highest BCUT2D eigenvalue weighted by atomic mass is 35.5. The van der Waals surface area contributed by atoms with Gasteiger partial charge in [0.15, 0.2) is 5.82 Å². The van der Waals surface area contributed by atoms with Crippen molar-refractivity contribution in [3.05, 3.63) is 35.6 Å². The van der Waals surface area contributed by atoms with E-state index in [1.807, 2.05) is 0 Å². The van der Waals surface area contributed by atoms with Crippen LogP contribution in [0, 0.1) is 0 Å². The van der Waals surface area contributed by atoms with Crippen molar-refractivity contribution in [2.45, 2.75) is 6.54 Å². The molecule has 0 spiro atoms. The third-order valence-corrected chi connectivity index (χ3v) is 1.88. The van der Waals surface area contributed by atoms with Crippen LogP contribution in [0.1, 0.15) is 5.82 Å². The Morgan fingerprint density at radius 3 is 3.07 bits per heavy atom. The van der Waals surface area contributed by atoms with Crippen molar-refractivity contribution in [2.24, 2.45) is 0 Å². The first-order valence-corrected chi connectivity index (χ1v) is 4.33. The average Bonchev–Trinajstić information content (AvgIpc) is 2.69. The lowest BCUT2D eigenvalue weighted by atomic mass is 10.4. The quantitative estimate of drug-likeness (QED) is 0.836. The fraction of sp³-hybridized carbons (Fsp3) is 0.125. The van der Waals surface area contributed by atoms with Crippen molar-refractivity contribution in [2.75, 3.05) is 5.32 Å². The van der Waals surface area contributed by atoms with Crippen LogP contribution in [-0.2, 0) is 6.54 Å². The molecule has 0 atom stereocenters. The first-order valence-electron chi connectivity index (χ1n) is 3.96. The maximum absolute atomic E-state index is 5.88. The number of hydrogen-bond donors (Lipinski definition) is 1. The Kier molecular flexibility index (Phi) is 2.60. The van der Waals surface area contributed by atoms with Gasteiger partial charge in [0.2, 0.25) is 6.39 Å². The molecule has 72 valence electrons. The van der Waals surface area contributed by atoms with Gasteiger partial charge in [-0.05, 0) is 12.1 Å². The van der Waals surface area contributed by atoms with Crippen molar-refractivity contribution in [1.82, 2.24) is 15.1 Å². The molecule has 0 aromatic carbocycles. The molecule has 0 fully saturated rings. The molecule has 0 amide bonds. The van der Waals surface area contributed by atoms with Crippen molar-refractivity contribution < 1.29 is 4.52 Å². The predicted octanol–water partition coefficient (Wildman–Crippen LogP) is 1.73. The molecule has 0 saturated heterocycles. The summed E-state index contributed by atoms with van der Waals surface area (Å²) in [7, 11) is 0. The number of pyridine rings is 1. The van der Waals surface area contributed by atoms with Crippen LogP contribution in [0.2, 0.25) is 5.02 Å². The molecule has 6 heteroatoms. The van der Waals surface area contributed by atoms with E-state index < -0.39 is 0 Å². The molecule has 0 radical (unpaired) electrons. The monoisotopic (exact) mass is 210 g/mol. The van der Waals surface area contributed by atoms with E-state index in [9.17, 15) is 0 Å². The first kappa shape index (κ1) is 8.96. The van der Waals surface area contributed by atoms with Gasteiger partial charge in [0.25, 0.3) is 0 Å².